The summed E-state index contributed by atoms with van der Waals surface area (Å²) >= 11 is 0. The Morgan fingerprint density at radius 3 is 2.43 bits per heavy atom. The standard InChI is InChI=1S/C16H11N5/c1-2-6-12(7-3-1)15-19-16-18-11-9-14(21(16)20-15)13-8-4-5-10-17-13/h1-11H. The highest BCUT2D eigenvalue weighted by Gasteiger charge is 2.11. The topological polar surface area (TPSA) is 56.0 Å². The van der Waals surface area contributed by atoms with Crippen molar-refractivity contribution in [2.75, 3.05) is 0 Å². The van der Waals surface area contributed by atoms with E-state index in [1.165, 1.54) is 0 Å². The van der Waals surface area contributed by atoms with Crippen LogP contribution in [0.1, 0.15) is 0 Å². The maximum absolute atomic E-state index is 4.56. The van der Waals surface area contributed by atoms with Crippen molar-refractivity contribution in [2.24, 2.45) is 0 Å². The fourth-order valence-electron chi connectivity index (χ4n) is 2.21. The van der Waals surface area contributed by atoms with Gasteiger partial charge >= 0.3 is 0 Å². The molecule has 0 saturated carbocycles. The van der Waals surface area contributed by atoms with Crippen molar-refractivity contribution in [2.45, 2.75) is 0 Å². The molecule has 3 aromatic heterocycles. The first-order valence-corrected chi connectivity index (χ1v) is 6.60. The van der Waals surface area contributed by atoms with E-state index in [1.807, 2.05) is 54.6 Å². The molecule has 0 saturated heterocycles. The smallest absolute Gasteiger partial charge is 0.253 e. The zero-order valence-corrected chi connectivity index (χ0v) is 11.1. The van der Waals surface area contributed by atoms with Crippen molar-refractivity contribution < 1.29 is 0 Å². The molecule has 0 amide bonds. The van der Waals surface area contributed by atoms with Crippen LogP contribution < -0.4 is 0 Å². The van der Waals surface area contributed by atoms with E-state index in [2.05, 4.69) is 20.1 Å². The third-order valence-corrected chi connectivity index (χ3v) is 3.20. The van der Waals surface area contributed by atoms with Crippen LogP contribution >= 0.6 is 0 Å². The van der Waals surface area contributed by atoms with E-state index in [4.69, 9.17) is 0 Å². The molecule has 0 aliphatic heterocycles. The fraction of sp³-hybridized carbons (Fsp3) is 0. The lowest BCUT2D eigenvalue weighted by Gasteiger charge is -2.01. The van der Waals surface area contributed by atoms with E-state index in [0.717, 1.165) is 17.0 Å². The van der Waals surface area contributed by atoms with Gasteiger partial charge in [0.05, 0.1) is 11.4 Å². The minimum absolute atomic E-state index is 0.567. The number of hydrogen-bond donors (Lipinski definition) is 0. The number of fused-ring (bicyclic) bond motifs is 1. The Balaban J connectivity index is 1.93. The number of benzene rings is 1. The fourth-order valence-corrected chi connectivity index (χ4v) is 2.21. The van der Waals surface area contributed by atoms with Gasteiger partial charge in [-0.2, -0.15) is 9.50 Å². The lowest BCUT2D eigenvalue weighted by Crippen LogP contribution is -1.97. The Kier molecular flexibility index (Phi) is 2.67. The van der Waals surface area contributed by atoms with Crippen molar-refractivity contribution in [3.63, 3.8) is 0 Å². The first kappa shape index (κ1) is 11.7. The summed E-state index contributed by atoms with van der Waals surface area (Å²) in [6, 6.07) is 17.5. The van der Waals surface area contributed by atoms with Crippen molar-refractivity contribution in [3.05, 3.63) is 67.0 Å². The molecular formula is C16H11N5. The van der Waals surface area contributed by atoms with Crippen molar-refractivity contribution >= 4 is 5.78 Å². The molecular weight excluding hydrogens is 262 g/mol. The predicted octanol–water partition coefficient (Wildman–Crippen LogP) is 2.85. The van der Waals surface area contributed by atoms with Gasteiger partial charge in [-0.25, -0.2) is 4.98 Å². The SMILES string of the molecule is c1ccc(-c2nc3nccc(-c4ccccn4)n3n2)cc1. The van der Waals surface area contributed by atoms with E-state index in [0.29, 0.717) is 11.6 Å². The van der Waals surface area contributed by atoms with Crippen molar-refractivity contribution in [1.29, 1.82) is 0 Å². The Hall–Kier alpha value is -3.08. The molecule has 1 aromatic carbocycles. The second kappa shape index (κ2) is 4.79. The zero-order valence-electron chi connectivity index (χ0n) is 11.1. The molecule has 0 spiro atoms. The predicted molar refractivity (Wildman–Crippen MR) is 79.4 cm³/mol. The summed E-state index contributed by atoms with van der Waals surface area (Å²) in [5.41, 5.74) is 2.68. The second-order valence-corrected chi connectivity index (χ2v) is 4.56. The summed E-state index contributed by atoms with van der Waals surface area (Å²) in [7, 11) is 0. The van der Waals surface area contributed by atoms with Crippen LogP contribution in [0, 0.1) is 0 Å². The molecule has 0 aliphatic carbocycles. The lowest BCUT2D eigenvalue weighted by atomic mass is 10.2. The molecule has 100 valence electrons. The van der Waals surface area contributed by atoms with Crippen LogP contribution in [0.2, 0.25) is 0 Å². The van der Waals surface area contributed by atoms with Crippen LogP contribution in [0.15, 0.2) is 67.0 Å². The molecule has 0 bridgehead atoms. The van der Waals surface area contributed by atoms with Crippen LogP contribution in [0.3, 0.4) is 0 Å². The molecule has 0 fully saturated rings. The van der Waals surface area contributed by atoms with Crippen molar-refractivity contribution in [1.82, 2.24) is 24.6 Å². The number of pyridine rings is 1. The summed E-state index contributed by atoms with van der Waals surface area (Å²) in [4.78, 5) is 13.1. The van der Waals surface area contributed by atoms with Gasteiger partial charge in [0.1, 0.15) is 0 Å². The highest BCUT2D eigenvalue weighted by molar-refractivity contribution is 5.61. The summed E-state index contributed by atoms with van der Waals surface area (Å²) < 4.78 is 1.73. The minimum Gasteiger partial charge on any atom is -0.255 e. The van der Waals surface area contributed by atoms with E-state index in [9.17, 15) is 0 Å². The zero-order chi connectivity index (χ0) is 14.1. The summed E-state index contributed by atoms with van der Waals surface area (Å²) in [5, 5.41) is 4.56. The van der Waals surface area contributed by atoms with Gasteiger partial charge in [-0.15, -0.1) is 5.10 Å². The molecule has 21 heavy (non-hydrogen) atoms. The second-order valence-electron chi connectivity index (χ2n) is 4.56. The van der Waals surface area contributed by atoms with E-state index >= 15 is 0 Å². The minimum atomic E-state index is 0.567. The molecule has 0 unspecified atom stereocenters. The van der Waals surface area contributed by atoms with Crippen LogP contribution in [0.5, 0.6) is 0 Å². The van der Waals surface area contributed by atoms with Crippen LogP contribution in [0.4, 0.5) is 0 Å². The Morgan fingerprint density at radius 2 is 1.62 bits per heavy atom. The average Bonchev–Trinajstić information content (AvgIpc) is 3.00. The molecule has 0 aliphatic rings. The molecule has 4 rings (SSSR count). The summed E-state index contributed by atoms with van der Waals surface area (Å²) in [6.45, 7) is 0. The van der Waals surface area contributed by atoms with Crippen LogP contribution in [-0.4, -0.2) is 24.6 Å². The molecule has 0 atom stereocenters. The Bertz CT molecular complexity index is 884. The molecule has 5 heteroatoms. The monoisotopic (exact) mass is 273 g/mol. The largest absolute Gasteiger partial charge is 0.255 e. The Morgan fingerprint density at radius 1 is 0.762 bits per heavy atom. The Labute approximate surface area is 121 Å². The molecule has 0 radical (unpaired) electrons. The van der Waals surface area contributed by atoms with Gasteiger partial charge < -0.3 is 0 Å². The molecule has 0 N–H and O–H groups in total. The van der Waals surface area contributed by atoms with Gasteiger partial charge in [0.2, 0.25) is 0 Å². The van der Waals surface area contributed by atoms with E-state index < -0.39 is 0 Å². The highest BCUT2D eigenvalue weighted by atomic mass is 15.3. The third-order valence-electron chi connectivity index (χ3n) is 3.20. The average molecular weight is 273 g/mol. The van der Waals surface area contributed by atoms with Crippen LogP contribution in [-0.2, 0) is 0 Å². The summed E-state index contributed by atoms with van der Waals surface area (Å²) in [5.74, 6) is 1.23. The van der Waals surface area contributed by atoms with Gasteiger partial charge in [0.15, 0.2) is 5.82 Å². The van der Waals surface area contributed by atoms with Gasteiger partial charge in [-0.1, -0.05) is 36.4 Å². The first-order chi connectivity index (χ1) is 10.4. The molecule has 5 nitrogen and oxygen atoms in total. The molecule has 4 aromatic rings. The van der Waals surface area contributed by atoms with E-state index in [1.54, 1.807) is 16.9 Å². The first-order valence-electron chi connectivity index (χ1n) is 6.60. The summed E-state index contributed by atoms with van der Waals surface area (Å²) in [6.07, 6.45) is 3.49. The maximum Gasteiger partial charge on any atom is 0.253 e. The number of aromatic nitrogens is 5. The molecule has 3 heterocycles. The third kappa shape index (κ3) is 2.04. The van der Waals surface area contributed by atoms with Crippen molar-refractivity contribution in [3.8, 4) is 22.8 Å². The highest BCUT2D eigenvalue weighted by Crippen LogP contribution is 2.19. The number of nitrogens with zero attached hydrogens (tertiary/aromatic N) is 5. The van der Waals surface area contributed by atoms with E-state index in [-0.39, 0.29) is 0 Å². The van der Waals surface area contributed by atoms with Gasteiger partial charge in [0.25, 0.3) is 5.78 Å². The quantitative estimate of drug-likeness (QED) is 0.563. The normalized spacial score (nSPS) is 10.9. The lowest BCUT2D eigenvalue weighted by molar-refractivity contribution is 0.945. The number of hydrogen-bond acceptors (Lipinski definition) is 4. The number of rotatable bonds is 2. The van der Waals surface area contributed by atoms with Gasteiger partial charge in [-0.3, -0.25) is 4.98 Å². The van der Waals surface area contributed by atoms with Crippen LogP contribution in [0.25, 0.3) is 28.6 Å². The maximum atomic E-state index is 4.56. The van der Waals surface area contributed by atoms with Gasteiger partial charge in [-0.05, 0) is 18.2 Å². The van der Waals surface area contributed by atoms with Gasteiger partial charge in [0, 0.05) is 18.0 Å².